The maximum atomic E-state index is 13.3. The van der Waals surface area contributed by atoms with E-state index in [4.69, 9.17) is 9.53 Å². The van der Waals surface area contributed by atoms with E-state index in [0.29, 0.717) is 18.2 Å². The largest absolute Gasteiger partial charge is 0.500 e. The number of Topliss-reactive ketones (excluding diaryl/α,β-unsaturated/α-hetero) is 2. The summed E-state index contributed by atoms with van der Waals surface area (Å²) < 4.78 is 21.1. The van der Waals surface area contributed by atoms with E-state index >= 15 is 0 Å². The molecule has 0 aromatic heterocycles. The first-order valence-corrected chi connectivity index (χ1v) is 31.8. The smallest absolute Gasteiger partial charge is 0.174 e. The van der Waals surface area contributed by atoms with Gasteiger partial charge in [-0.2, -0.15) is 0 Å². The molecule has 1 saturated carbocycles. The Morgan fingerprint density at radius 1 is 0.802 bits per heavy atom. The quantitative estimate of drug-likeness (QED) is 0.0219. The number of anilines is 3. The summed E-state index contributed by atoms with van der Waals surface area (Å²) in [6.07, 6.45) is 48.2. The van der Waals surface area contributed by atoms with Crippen LogP contribution in [0.4, 0.5) is 21.5 Å². The standard InChI is InChI=1S/C28H38N3O2.C16H26FN.C10H22.C9H18O.C5H10.C2H4O.C2H2/c1-7-10-22(18-21(3)23-19-30(4)16-15-27(23)33-6)26(32)11-8-9-12-28-29-24-14-13-20(2)17-25(24)31(28)5;1-4-6-7-9-15(8-5-2)18-16-11-13(3)10-14(17)12-16;1-4-6-7-9-10(3)8-5-2;1-4-6-7-9(10)8(3)5-2;1-2-4-5-3-1;1-2-3;1-2/h10,12-14,17-19,29H,7-9,11,15-16H2,1-6H3;10-12,15,18H,4-9H2,1-3H3;10H,4-9H2,1-3H3;8H,4-7H2,1-3H3;1-5H2;2H,1H3;1-2H/q+1;;;;;;/b21-18+,22-10+,28-12-;;;;;;. The highest BCUT2D eigenvalue weighted by Gasteiger charge is 2.21. The first-order chi connectivity index (χ1) is 38.9. The number of nitrogens with zero attached hydrogens (tertiary/aromatic N) is 2. The third kappa shape index (κ3) is 36.8. The molecule has 2 heterocycles. The second kappa shape index (κ2) is 50.5. The molecular formula is C72H120FN4O4+. The highest BCUT2D eigenvalue weighted by Crippen LogP contribution is 2.36. The van der Waals surface area contributed by atoms with Gasteiger partial charge in [0.25, 0.3) is 0 Å². The van der Waals surface area contributed by atoms with Crippen molar-refractivity contribution in [2.75, 3.05) is 43.3 Å². The molecule has 3 atom stereocenters. The lowest BCUT2D eigenvalue weighted by atomic mass is 9.97. The average molecular weight is 1120 g/mol. The maximum absolute atomic E-state index is 13.3. The van der Waals surface area contributed by atoms with Crippen LogP contribution in [0.5, 0.6) is 0 Å². The van der Waals surface area contributed by atoms with Crippen molar-refractivity contribution in [2.45, 2.75) is 263 Å². The third-order valence-electron chi connectivity index (χ3n) is 14.7. The van der Waals surface area contributed by atoms with Crippen LogP contribution < -0.4 is 15.5 Å². The Balaban J connectivity index is 0. The molecule has 8 nitrogen and oxygen atoms in total. The average Bonchev–Trinajstić information content (AvgIpc) is 4.16. The van der Waals surface area contributed by atoms with E-state index in [1.54, 1.807) is 19.2 Å². The van der Waals surface area contributed by atoms with Gasteiger partial charge in [0.05, 0.1) is 30.5 Å². The van der Waals surface area contributed by atoms with Gasteiger partial charge in [-0.15, -0.1) is 12.8 Å². The number of aldehydes is 1. The van der Waals surface area contributed by atoms with Gasteiger partial charge < -0.3 is 25.1 Å². The first kappa shape index (κ1) is 77.8. The molecule has 3 unspecified atom stereocenters. The number of benzene rings is 2. The van der Waals surface area contributed by atoms with Gasteiger partial charge in [-0.1, -0.05) is 177 Å². The second-order valence-corrected chi connectivity index (χ2v) is 22.3. The Hall–Kier alpha value is -5.23. The molecule has 1 fully saturated rings. The van der Waals surface area contributed by atoms with Gasteiger partial charge in [0.1, 0.15) is 43.1 Å². The molecular weight excluding hydrogens is 1000 g/mol. The molecule has 2 aliphatic heterocycles. The normalized spacial score (nSPS) is 15.0. The number of ether oxygens (including phenoxy) is 1. The summed E-state index contributed by atoms with van der Waals surface area (Å²) in [7, 11) is 5.87. The van der Waals surface area contributed by atoms with Crippen molar-refractivity contribution < 1.29 is 28.1 Å². The molecule has 9 heteroatoms. The molecule has 5 rings (SSSR count). The molecule has 0 saturated heterocycles. The Morgan fingerprint density at radius 3 is 1.95 bits per heavy atom. The number of fused-ring (bicyclic) bond motifs is 1. The number of ketones is 2. The molecule has 3 aliphatic rings. The van der Waals surface area contributed by atoms with Crippen molar-refractivity contribution in [3.63, 3.8) is 0 Å². The van der Waals surface area contributed by atoms with E-state index in [2.05, 4.69) is 147 Å². The van der Waals surface area contributed by atoms with Gasteiger partial charge in [-0.25, -0.2) is 8.97 Å². The topological polar surface area (TPSA) is 90.8 Å². The minimum absolute atomic E-state index is 0.152. The van der Waals surface area contributed by atoms with Gasteiger partial charge in [-0.05, 0) is 138 Å². The van der Waals surface area contributed by atoms with Crippen LogP contribution in [0.25, 0.3) is 0 Å². The van der Waals surface area contributed by atoms with E-state index in [-0.39, 0.29) is 17.5 Å². The number of halogens is 1. The van der Waals surface area contributed by atoms with E-state index in [1.165, 1.54) is 114 Å². The zero-order valence-electron chi connectivity index (χ0n) is 54.7. The molecule has 2 aromatic rings. The summed E-state index contributed by atoms with van der Waals surface area (Å²) in [5.41, 5.74) is 8.41. The fraction of sp³-hybridized carbons (Fsp3) is 0.639. The molecule has 0 bridgehead atoms. The van der Waals surface area contributed by atoms with Crippen LogP contribution in [0.3, 0.4) is 0 Å². The number of nitrogens with one attached hydrogen (secondary N) is 2. The van der Waals surface area contributed by atoms with Crippen molar-refractivity contribution in [3.8, 4) is 12.8 Å². The number of allylic oxidation sites excluding steroid dienone is 6. The molecule has 81 heavy (non-hydrogen) atoms. The predicted molar refractivity (Wildman–Crippen MR) is 353 cm³/mol. The van der Waals surface area contributed by atoms with Gasteiger partial charge in [0, 0.05) is 43.1 Å². The summed E-state index contributed by atoms with van der Waals surface area (Å²) in [5, 5.41) is 6.96. The van der Waals surface area contributed by atoms with Crippen LogP contribution in [-0.2, 0) is 19.1 Å². The van der Waals surface area contributed by atoms with Gasteiger partial charge in [0.2, 0.25) is 0 Å². The van der Waals surface area contributed by atoms with E-state index in [0.717, 1.165) is 128 Å². The van der Waals surface area contributed by atoms with Crippen molar-refractivity contribution >= 4 is 41.1 Å². The Morgan fingerprint density at radius 2 is 1.41 bits per heavy atom. The number of aryl methyl sites for hydroxylation is 2. The lowest BCUT2D eigenvalue weighted by Gasteiger charge is -2.19. The van der Waals surface area contributed by atoms with E-state index in [9.17, 15) is 14.0 Å². The minimum atomic E-state index is -0.152. The van der Waals surface area contributed by atoms with Crippen LogP contribution in [-0.4, -0.2) is 62.4 Å². The molecule has 1 aliphatic carbocycles. The number of unbranched alkanes of at least 4 members (excludes halogenated alkanes) is 6. The number of methoxy groups -OCH3 is 1. The second-order valence-electron chi connectivity index (χ2n) is 22.3. The van der Waals surface area contributed by atoms with E-state index < -0.39 is 0 Å². The fourth-order valence-electron chi connectivity index (χ4n) is 9.72. The zero-order chi connectivity index (χ0) is 61.4. The Kier molecular flexibility index (Phi) is 48.5. The van der Waals surface area contributed by atoms with Crippen molar-refractivity contribution in [3.05, 3.63) is 99.9 Å². The summed E-state index contributed by atoms with van der Waals surface area (Å²) in [5.74, 6) is 3.80. The van der Waals surface area contributed by atoms with Crippen LogP contribution in [0.15, 0.2) is 82.9 Å². The van der Waals surface area contributed by atoms with Crippen molar-refractivity contribution in [1.82, 2.24) is 0 Å². The molecule has 0 spiro atoms. The van der Waals surface area contributed by atoms with Crippen LogP contribution in [0.2, 0.25) is 0 Å². The monoisotopic (exact) mass is 1120 g/mol. The Bertz CT molecular complexity index is 2150. The molecule has 2 aromatic carbocycles. The molecule has 0 amide bonds. The first-order valence-electron chi connectivity index (χ1n) is 31.8. The van der Waals surface area contributed by atoms with E-state index in [1.807, 2.05) is 32.1 Å². The number of carbonyl (C=O) groups excluding carboxylic acids is 3. The molecule has 2 N–H and O–H groups in total. The highest BCUT2D eigenvalue weighted by atomic mass is 19.1. The summed E-state index contributed by atoms with van der Waals surface area (Å²) in [6.45, 7) is 28.1. The van der Waals surface area contributed by atoms with Crippen molar-refractivity contribution in [1.29, 1.82) is 0 Å². The maximum Gasteiger partial charge on any atom is 0.174 e. The summed E-state index contributed by atoms with van der Waals surface area (Å²) >= 11 is 0. The Labute approximate surface area is 497 Å². The SMILES string of the molecule is C#C.C1CCCC1.CC/C=C(\C=C(/C)C1=C(OC)CC[N+](C)=C1)C(=O)CCC/C=C1/Nc2ccc(C)cc2N1C.CC=O.CCCCC(=O)C(C)CC.CCCCCC(C)CCC.CCCCCC(CCC)Nc1cc(C)cc(F)c1. The van der Waals surface area contributed by atoms with Gasteiger partial charge >= 0.3 is 0 Å². The summed E-state index contributed by atoms with van der Waals surface area (Å²) in [6, 6.07) is 12.1. The predicted octanol–water partition coefficient (Wildman–Crippen LogP) is 20.2. The van der Waals surface area contributed by atoms with Crippen molar-refractivity contribution in [2.24, 2.45) is 11.8 Å². The number of hydrogen-bond donors (Lipinski definition) is 2. The van der Waals surface area contributed by atoms with Gasteiger partial charge in [0.15, 0.2) is 12.0 Å². The number of hydrogen-bond acceptors (Lipinski definition) is 7. The number of carbonyl (C=O) groups is 3. The van der Waals surface area contributed by atoms with Crippen LogP contribution in [0.1, 0.15) is 254 Å². The lowest BCUT2D eigenvalue weighted by Crippen LogP contribution is -2.19. The highest BCUT2D eigenvalue weighted by molar-refractivity contribution is 5.98. The lowest BCUT2D eigenvalue weighted by molar-refractivity contribution is -0.493. The number of rotatable bonds is 28. The van der Waals surface area contributed by atoms with Crippen LogP contribution in [0, 0.1) is 44.3 Å². The fourth-order valence-corrected chi connectivity index (χ4v) is 9.72. The molecule has 0 radical (unpaired) electrons. The third-order valence-corrected chi connectivity index (χ3v) is 14.7. The summed E-state index contributed by atoms with van der Waals surface area (Å²) in [4.78, 5) is 35.1. The number of terminal acetylenes is 1. The molecule has 458 valence electrons. The van der Waals surface area contributed by atoms with Gasteiger partial charge in [-0.3, -0.25) is 9.59 Å². The van der Waals surface area contributed by atoms with Crippen LogP contribution >= 0.6 is 0 Å². The zero-order valence-corrected chi connectivity index (χ0v) is 54.7. The minimum Gasteiger partial charge on any atom is -0.500 e.